The summed E-state index contributed by atoms with van der Waals surface area (Å²) in [7, 11) is 1.82. The molecule has 0 saturated heterocycles. The number of hydrogen-bond acceptors (Lipinski definition) is 3. The minimum Gasteiger partial charge on any atom is -0.480 e. The molecular weight excluding hydrogens is 260 g/mol. The van der Waals surface area contributed by atoms with Gasteiger partial charge in [-0.3, -0.25) is 4.68 Å². The number of rotatable bonds is 5. The van der Waals surface area contributed by atoms with Gasteiger partial charge in [-0.1, -0.05) is 20.8 Å². The Morgan fingerprint density at radius 1 is 1.45 bits per heavy atom. The Bertz CT molecular complexity index is 476. The molecule has 0 aliphatic carbocycles. The Hall–Kier alpha value is -2.05. The summed E-state index contributed by atoms with van der Waals surface area (Å²) in [6.07, 6.45) is 4.25. The lowest BCUT2D eigenvalue weighted by molar-refractivity contribution is -0.141. The zero-order valence-electron chi connectivity index (χ0n) is 12.3. The van der Waals surface area contributed by atoms with E-state index in [4.69, 9.17) is 5.11 Å². The molecule has 1 rings (SSSR count). The van der Waals surface area contributed by atoms with Gasteiger partial charge < -0.3 is 15.7 Å². The van der Waals surface area contributed by atoms with Crippen molar-refractivity contribution in [3.05, 3.63) is 18.0 Å². The SMILES string of the molecule is Cn1cc(CCNC(=O)N[C@@H](C(=O)O)C(C)(C)C)cn1. The minimum atomic E-state index is -1.04. The normalized spacial score (nSPS) is 12.8. The lowest BCUT2D eigenvalue weighted by Crippen LogP contribution is -2.52. The van der Waals surface area contributed by atoms with E-state index in [1.54, 1.807) is 31.6 Å². The van der Waals surface area contributed by atoms with Gasteiger partial charge in [0.15, 0.2) is 0 Å². The van der Waals surface area contributed by atoms with Gasteiger partial charge in [0.1, 0.15) is 6.04 Å². The van der Waals surface area contributed by atoms with Crippen LogP contribution in [0.3, 0.4) is 0 Å². The smallest absolute Gasteiger partial charge is 0.326 e. The summed E-state index contributed by atoms with van der Waals surface area (Å²) in [4.78, 5) is 22.8. The summed E-state index contributed by atoms with van der Waals surface area (Å²) in [6, 6.07) is -1.41. The molecule has 3 N–H and O–H groups in total. The number of carboxylic acids is 1. The number of aliphatic carboxylic acids is 1. The molecule has 0 fully saturated rings. The number of carbonyl (C=O) groups excluding carboxylic acids is 1. The van der Waals surface area contributed by atoms with Gasteiger partial charge in [-0.15, -0.1) is 0 Å². The standard InChI is InChI=1S/C13H22N4O3/c1-13(2,3)10(11(18)19)16-12(20)14-6-5-9-7-15-17(4)8-9/h7-8,10H,5-6H2,1-4H3,(H,18,19)(H2,14,16,20)/t10-/m0/s1. The first kappa shape index (κ1) is 16.0. The highest BCUT2D eigenvalue weighted by molar-refractivity contribution is 5.83. The number of aryl methyl sites for hydroxylation is 1. The van der Waals surface area contributed by atoms with Gasteiger partial charge in [0, 0.05) is 19.8 Å². The monoisotopic (exact) mass is 282 g/mol. The molecule has 1 aromatic heterocycles. The fourth-order valence-corrected chi connectivity index (χ4v) is 1.75. The number of nitrogens with one attached hydrogen (secondary N) is 2. The molecule has 7 heteroatoms. The van der Waals surface area contributed by atoms with Crippen LogP contribution in [0.5, 0.6) is 0 Å². The zero-order chi connectivity index (χ0) is 15.3. The van der Waals surface area contributed by atoms with Crippen molar-refractivity contribution in [2.75, 3.05) is 6.54 Å². The Balaban J connectivity index is 2.41. The van der Waals surface area contributed by atoms with Gasteiger partial charge >= 0.3 is 12.0 Å². The van der Waals surface area contributed by atoms with Gasteiger partial charge in [-0.2, -0.15) is 5.10 Å². The maximum absolute atomic E-state index is 11.7. The van der Waals surface area contributed by atoms with Gasteiger partial charge in [-0.25, -0.2) is 9.59 Å². The van der Waals surface area contributed by atoms with Crippen LogP contribution in [0.4, 0.5) is 4.79 Å². The summed E-state index contributed by atoms with van der Waals surface area (Å²) >= 11 is 0. The molecule has 0 spiro atoms. The lowest BCUT2D eigenvalue weighted by Gasteiger charge is -2.27. The molecule has 7 nitrogen and oxygen atoms in total. The van der Waals surface area contributed by atoms with Crippen molar-refractivity contribution in [2.45, 2.75) is 33.2 Å². The molecule has 1 atom stereocenters. The Kier molecular flexibility index (Phi) is 5.12. The fraction of sp³-hybridized carbons (Fsp3) is 0.615. The summed E-state index contributed by atoms with van der Waals surface area (Å²) in [5.41, 5.74) is 0.463. The Morgan fingerprint density at radius 2 is 2.10 bits per heavy atom. The molecule has 0 aliphatic heterocycles. The summed E-state index contributed by atoms with van der Waals surface area (Å²) in [5.74, 6) is -1.04. The van der Waals surface area contributed by atoms with Crippen LogP contribution in [0.25, 0.3) is 0 Å². The van der Waals surface area contributed by atoms with Crippen molar-refractivity contribution >= 4 is 12.0 Å². The van der Waals surface area contributed by atoms with E-state index in [2.05, 4.69) is 15.7 Å². The maximum atomic E-state index is 11.7. The van der Waals surface area contributed by atoms with Crippen LogP contribution in [-0.4, -0.2) is 39.5 Å². The van der Waals surface area contributed by atoms with Crippen LogP contribution in [0.15, 0.2) is 12.4 Å². The second kappa shape index (κ2) is 6.40. The van der Waals surface area contributed by atoms with Crippen molar-refractivity contribution in [2.24, 2.45) is 12.5 Å². The molecule has 112 valence electrons. The second-order valence-electron chi connectivity index (χ2n) is 5.81. The summed E-state index contributed by atoms with van der Waals surface area (Å²) in [6.45, 7) is 5.72. The van der Waals surface area contributed by atoms with Gasteiger partial charge in [0.25, 0.3) is 0 Å². The van der Waals surface area contributed by atoms with Crippen LogP contribution < -0.4 is 10.6 Å². The molecule has 20 heavy (non-hydrogen) atoms. The number of carbonyl (C=O) groups is 2. The summed E-state index contributed by atoms with van der Waals surface area (Å²) in [5, 5.41) is 18.3. The first-order valence-corrected chi connectivity index (χ1v) is 6.45. The quantitative estimate of drug-likeness (QED) is 0.743. The Morgan fingerprint density at radius 3 is 2.55 bits per heavy atom. The van der Waals surface area contributed by atoms with Crippen LogP contribution >= 0.6 is 0 Å². The fourth-order valence-electron chi connectivity index (χ4n) is 1.75. The van der Waals surface area contributed by atoms with E-state index < -0.39 is 23.5 Å². The highest BCUT2D eigenvalue weighted by Crippen LogP contribution is 2.19. The van der Waals surface area contributed by atoms with Gasteiger partial charge in [0.05, 0.1) is 6.20 Å². The predicted molar refractivity (Wildman–Crippen MR) is 74.3 cm³/mol. The number of hydrogen-bond donors (Lipinski definition) is 3. The van der Waals surface area contributed by atoms with Gasteiger partial charge in [-0.05, 0) is 17.4 Å². The topological polar surface area (TPSA) is 96.2 Å². The number of urea groups is 1. The first-order chi connectivity index (χ1) is 9.20. The lowest BCUT2D eigenvalue weighted by atomic mass is 9.87. The third-order valence-corrected chi connectivity index (χ3v) is 2.85. The van der Waals surface area contributed by atoms with Crippen LogP contribution in [0.1, 0.15) is 26.3 Å². The molecular formula is C13H22N4O3. The van der Waals surface area contributed by atoms with E-state index in [0.717, 1.165) is 5.56 Å². The average molecular weight is 282 g/mol. The molecule has 0 radical (unpaired) electrons. The van der Waals surface area contributed by atoms with Gasteiger partial charge in [0.2, 0.25) is 0 Å². The molecule has 0 saturated carbocycles. The first-order valence-electron chi connectivity index (χ1n) is 6.45. The zero-order valence-corrected chi connectivity index (χ0v) is 12.3. The molecule has 0 bridgehead atoms. The second-order valence-corrected chi connectivity index (χ2v) is 5.81. The van der Waals surface area contributed by atoms with Crippen molar-refractivity contribution in [1.82, 2.24) is 20.4 Å². The van der Waals surface area contributed by atoms with Crippen LogP contribution in [0.2, 0.25) is 0 Å². The highest BCUT2D eigenvalue weighted by Gasteiger charge is 2.32. The van der Waals surface area contributed by atoms with E-state index in [1.165, 1.54) is 0 Å². The molecule has 0 aliphatic rings. The third kappa shape index (κ3) is 4.91. The molecule has 0 unspecified atom stereocenters. The molecule has 1 aromatic rings. The average Bonchev–Trinajstić information content (AvgIpc) is 2.70. The van der Waals surface area contributed by atoms with E-state index in [0.29, 0.717) is 13.0 Å². The maximum Gasteiger partial charge on any atom is 0.326 e. The van der Waals surface area contributed by atoms with Crippen molar-refractivity contribution in [3.63, 3.8) is 0 Å². The Labute approximate surface area is 118 Å². The van der Waals surface area contributed by atoms with E-state index in [-0.39, 0.29) is 0 Å². The molecule has 2 amide bonds. The van der Waals surface area contributed by atoms with E-state index >= 15 is 0 Å². The van der Waals surface area contributed by atoms with E-state index in [1.807, 2.05) is 13.2 Å². The number of carboxylic acid groups (broad SMARTS) is 1. The number of aromatic nitrogens is 2. The van der Waals surface area contributed by atoms with Crippen molar-refractivity contribution < 1.29 is 14.7 Å². The minimum absolute atomic E-state index is 0.425. The molecule has 1 heterocycles. The summed E-state index contributed by atoms with van der Waals surface area (Å²) < 4.78 is 1.69. The molecule has 0 aromatic carbocycles. The van der Waals surface area contributed by atoms with Crippen LogP contribution in [0, 0.1) is 5.41 Å². The predicted octanol–water partition coefficient (Wildman–Crippen LogP) is 0.761. The third-order valence-electron chi connectivity index (χ3n) is 2.85. The van der Waals surface area contributed by atoms with E-state index in [9.17, 15) is 9.59 Å². The van der Waals surface area contributed by atoms with Crippen LogP contribution in [-0.2, 0) is 18.3 Å². The van der Waals surface area contributed by atoms with Crippen molar-refractivity contribution in [1.29, 1.82) is 0 Å². The largest absolute Gasteiger partial charge is 0.480 e. The number of nitrogens with zero attached hydrogens (tertiary/aromatic N) is 2. The number of amides is 2. The van der Waals surface area contributed by atoms with Crippen molar-refractivity contribution in [3.8, 4) is 0 Å². The highest BCUT2D eigenvalue weighted by atomic mass is 16.4.